The Bertz CT molecular complexity index is 536. The summed E-state index contributed by atoms with van der Waals surface area (Å²) in [6, 6.07) is 0.652. The highest BCUT2D eigenvalue weighted by molar-refractivity contribution is 5.93. The van der Waals surface area contributed by atoms with Gasteiger partial charge in [-0.3, -0.25) is 4.79 Å². The highest BCUT2D eigenvalue weighted by Gasteiger charge is 2.44. The molecule has 1 saturated heterocycles. The van der Waals surface area contributed by atoms with Gasteiger partial charge in [0.1, 0.15) is 5.82 Å². The first-order valence-corrected chi connectivity index (χ1v) is 7.13. The lowest BCUT2D eigenvalue weighted by atomic mass is 9.87. The Labute approximate surface area is 122 Å². The number of likely N-dealkylation sites (tertiary alicyclic amines) is 1. The van der Waals surface area contributed by atoms with Crippen LogP contribution in [-0.2, 0) is 0 Å². The van der Waals surface area contributed by atoms with E-state index in [2.05, 4.69) is 4.98 Å². The van der Waals surface area contributed by atoms with Gasteiger partial charge in [-0.05, 0) is 25.2 Å². The van der Waals surface area contributed by atoms with Gasteiger partial charge in [-0.1, -0.05) is 13.8 Å². The molecular weight excluding hydrogens is 278 g/mol. The normalized spacial score (nSPS) is 22.1. The number of hydrogen-bond donors (Lipinski definition) is 1. The predicted molar refractivity (Wildman–Crippen MR) is 73.7 cm³/mol. The van der Waals surface area contributed by atoms with Crippen LogP contribution in [0.1, 0.15) is 43.6 Å². The van der Waals surface area contributed by atoms with Crippen LogP contribution in [0, 0.1) is 17.6 Å². The maximum absolute atomic E-state index is 13.8. The number of amides is 1. The lowest BCUT2D eigenvalue weighted by molar-refractivity contribution is 0.0323. The summed E-state index contributed by atoms with van der Waals surface area (Å²) in [6.07, 6.45) is 2.89. The number of carbonyl (C=O) groups excluding carboxylic acids is 1. The molecule has 1 aliphatic rings. The fourth-order valence-electron chi connectivity index (χ4n) is 3.16. The van der Waals surface area contributed by atoms with Gasteiger partial charge in [0.25, 0.3) is 5.91 Å². The topological polar surface area (TPSA) is 53.4 Å². The fourth-order valence-corrected chi connectivity index (χ4v) is 3.16. The number of hydrogen-bond acceptors (Lipinski definition) is 3. The number of nitrogens with zero attached hydrogens (tertiary/aromatic N) is 2. The predicted octanol–water partition coefficient (Wildman–Crippen LogP) is 2.37. The van der Waals surface area contributed by atoms with Gasteiger partial charge in [0.2, 0.25) is 0 Å². The minimum absolute atomic E-state index is 0.167. The first-order valence-electron chi connectivity index (χ1n) is 7.13. The molecule has 2 rings (SSSR count). The fraction of sp³-hybridized carbons (Fsp3) is 0.600. The van der Waals surface area contributed by atoms with Crippen molar-refractivity contribution >= 4 is 5.91 Å². The summed E-state index contributed by atoms with van der Waals surface area (Å²) in [7, 11) is 0. The van der Waals surface area contributed by atoms with Crippen LogP contribution in [0.2, 0.25) is 0 Å². The van der Waals surface area contributed by atoms with Gasteiger partial charge in [-0.15, -0.1) is 0 Å². The monoisotopic (exact) mass is 298 g/mol. The van der Waals surface area contributed by atoms with E-state index in [0.29, 0.717) is 25.5 Å². The number of aromatic nitrogens is 1. The zero-order chi connectivity index (χ0) is 15.6. The number of carbonyl (C=O) groups is 1. The van der Waals surface area contributed by atoms with Crippen molar-refractivity contribution in [1.29, 1.82) is 0 Å². The summed E-state index contributed by atoms with van der Waals surface area (Å²) >= 11 is 0. The molecule has 1 atom stereocenters. The Morgan fingerprint density at radius 1 is 1.52 bits per heavy atom. The Kier molecular flexibility index (Phi) is 4.56. The van der Waals surface area contributed by atoms with E-state index in [0.717, 1.165) is 12.6 Å². The Morgan fingerprint density at radius 2 is 2.24 bits per heavy atom. The third-order valence-electron chi connectivity index (χ3n) is 3.93. The van der Waals surface area contributed by atoms with Gasteiger partial charge in [-0.2, -0.15) is 0 Å². The molecule has 0 radical (unpaired) electrons. The zero-order valence-corrected chi connectivity index (χ0v) is 12.3. The quantitative estimate of drug-likeness (QED) is 0.928. The molecule has 21 heavy (non-hydrogen) atoms. The van der Waals surface area contributed by atoms with E-state index in [1.165, 1.54) is 4.90 Å². The summed E-state index contributed by atoms with van der Waals surface area (Å²) in [5.41, 5.74) is -1.06. The van der Waals surface area contributed by atoms with Crippen molar-refractivity contribution in [2.45, 2.75) is 38.6 Å². The molecule has 6 heteroatoms. The number of aliphatic hydroxyl groups is 1. The number of halogens is 2. The van der Waals surface area contributed by atoms with E-state index in [1.807, 2.05) is 13.8 Å². The molecule has 4 nitrogen and oxygen atoms in total. The zero-order valence-electron chi connectivity index (χ0n) is 12.3. The summed E-state index contributed by atoms with van der Waals surface area (Å²) in [4.78, 5) is 17.6. The van der Waals surface area contributed by atoms with Crippen molar-refractivity contribution in [1.82, 2.24) is 9.88 Å². The van der Waals surface area contributed by atoms with Gasteiger partial charge in [0.05, 0.1) is 18.3 Å². The maximum Gasteiger partial charge on any atom is 0.276 e. The van der Waals surface area contributed by atoms with E-state index in [1.54, 1.807) is 0 Å². The Balaban J connectivity index is 2.32. The van der Waals surface area contributed by atoms with Gasteiger partial charge >= 0.3 is 0 Å². The standard InChI is InChI=1S/C15H20F2N2O2/c1-10(2)7-15(9-20)4-3-5-19(15)14(21)13-12(17)6-11(16)8-18-13/h6,8,10,20H,3-5,7,9H2,1-2H3/t15-/m1/s1. The van der Waals surface area contributed by atoms with Crippen molar-refractivity contribution < 1.29 is 18.7 Å². The van der Waals surface area contributed by atoms with Crippen LogP contribution in [0.15, 0.2) is 12.3 Å². The summed E-state index contributed by atoms with van der Waals surface area (Å²) < 4.78 is 26.7. The summed E-state index contributed by atoms with van der Waals surface area (Å²) in [6.45, 7) is 4.30. The van der Waals surface area contributed by atoms with Crippen molar-refractivity contribution in [3.05, 3.63) is 29.6 Å². The van der Waals surface area contributed by atoms with Crippen LogP contribution in [0.25, 0.3) is 0 Å². The first-order chi connectivity index (χ1) is 9.89. The SMILES string of the molecule is CC(C)C[C@@]1(CO)CCCN1C(=O)c1ncc(F)cc1F. The second-order valence-electron chi connectivity index (χ2n) is 6.02. The van der Waals surface area contributed by atoms with E-state index in [-0.39, 0.29) is 18.2 Å². The average molecular weight is 298 g/mol. The number of aliphatic hydroxyl groups excluding tert-OH is 1. The minimum Gasteiger partial charge on any atom is -0.394 e. The molecule has 116 valence electrons. The van der Waals surface area contributed by atoms with E-state index in [4.69, 9.17) is 0 Å². The molecule has 1 amide bonds. The van der Waals surface area contributed by atoms with E-state index in [9.17, 15) is 18.7 Å². The first kappa shape index (κ1) is 15.8. The van der Waals surface area contributed by atoms with Gasteiger partial charge in [0.15, 0.2) is 11.5 Å². The largest absolute Gasteiger partial charge is 0.394 e. The van der Waals surface area contributed by atoms with Crippen LogP contribution in [0.3, 0.4) is 0 Å². The molecule has 1 aliphatic heterocycles. The molecule has 0 spiro atoms. The Morgan fingerprint density at radius 3 is 2.81 bits per heavy atom. The van der Waals surface area contributed by atoms with Crippen LogP contribution < -0.4 is 0 Å². The summed E-state index contributed by atoms with van der Waals surface area (Å²) in [5, 5.41) is 9.78. The highest BCUT2D eigenvalue weighted by atomic mass is 19.1. The summed E-state index contributed by atoms with van der Waals surface area (Å²) in [5.74, 6) is -2.08. The van der Waals surface area contributed by atoms with Crippen molar-refractivity contribution in [3.63, 3.8) is 0 Å². The lowest BCUT2D eigenvalue weighted by Gasteiger charge is -2.38. The van der Waals surface area contributed by atoms with E-state index >= 15 is 0 Å². The second kappa shape index (κ2) is 6.05. The van der Waals surface area contributed by atoms with Gasteiger partial charge in [-0.25, -0.2) is 13.8 Å². The average Bonchev–Trinajstić information content (AvgIpc) is 2.81. The molecule has 2 heterocycles. The molecule has 0 unspecified atom stereocenters. The second-order valence-corrected chi connectivity index (χ2v) is 6.02. The molecular formula is C15H20F2N2O2. The van der Waals surface area contributed by atoms with Gasteiger partial charge in [0, 0.05) is 12.6 Å². The van der Waals surface area contributed by atoms with Crippen LogP contribution in [0.5, 0.6) is 0 Å². The third-order valence-corrected chi connectivity index (χ3v) is 3.93. The van der Waals surface area contributed by atoms with Crippen LogP contribution in [-0.4, -0.2) is 39.6 Å². The molecule has 1 aromatic heterocycles. The van der Waals surface area contributed by atoms with Crippen molar-refractivity contribution in [2.24, 2.45) is 5.92 Å². The van der Waals surface area contributed by atoms with Crippen LogP contribution >= 0.6 is 0 Å². The van der Waals surface area contributed by atoms with Crippen molar-refractivity contribution in [3.8, 4) is 0 Å². The molecule has 0 aliphatic carbocycles. The maximum atomic E-state index is 13.8. The number of rotatable bonds is 4. The third kappa shape index (κ3) is 3.05. The molecule has 0 saturated carbocycles. The Hall–Kier alpha value is -1.56. The lowest BCUT2D eigenvalue weighted by Crippen LogP contribution is -2.51. The molecule has 0 aromatic carbocycles. The minimum atomic E-state index is -0.969. The van der Waals surface area contributed by atoms with E-state index < -0.39 is 23.1 Å². The molecule has 1 fully saturated rings. The van der Waals surface area contributed by atoms with Crippen LogP contribution in [0.4, 0.5) is 8.78 Å². The van der Waals surface area contributed by atoms with Crippen molar-refractivity contribution in [2.75, 3.05) is 13.2 Å². The molecule has 1 N–H and O–H groups in total. The number of pyridine rings is 1. The molecule has 0 bridgehead atoms. The highest BCUT2D eigenvalue weighted by Crippen LogP contribution is 2.35. The smallest absolute Gasteiger partial charge is 0.276 e. The van der Waals surface area contributed by atoms with Gasteiger partial charge < -0.3 is 10.0 Å². The molecule has 1 aromatic rings.